The van der Waals surface area contributed by atoms with Gasteiger partial charge in [-0.15, -0.1) is 0 Å². The summed E-state index contributed by atoms with van der Waals surface area (Å²) >= 11 is 12.4. The molecule has 0 radical (unpaired) electrons. The number of rotatable bonds is 9. The van der Waals surface area contributed by atoms with E-state index in [1.54, 1.807) is 25.2 Å². The van der Waals surface area contributed by atoms with Gasteiger partial charge in [-0.25, -0.2) is 8.42 Å². The van der Waals surface area contributed by atoms with E-state index in [4.69, 9.17) is 27.6 Å². The summed E-state index contributed by atoms with van der Waals surface area (Å²) in [5.41, 5.74) is 1.46. The number of benzene rings is 2. The molecule has 1 aliphatic rings. The highest BCUT2D eigenvalue weighted by atomic mass is 35.5. The highest BCUT2D eigenvalue weighted by Crippen LogP contribution is 2.38. The van der Waals surface area contributed by atoms with Crippen molar-refractivity contribution in [3.8, 4) is 0 Å². The summed E-state index contributed by atoms with van der Waals surface area (Å²) in [6, 6.07) is 14.4. The summed E-state index contributed by atoms with van der Waals surface area (Å²) in [4.78, 5) is 2.33. The van der Waals surface area contributed by atoms with E-state index >= 15 is 0 Å². The minimum atomic E-state index is -3.66. The largest absolute Gasteiger partial charge is 0.413 e. The lowest BCUT2D eigenvalue weighted by molar-refractivity contribution is 0.171. The average molecular weight is 558 g/mol. The third-order valence-electron chi connectivity index (χ3n) is 7.34. The molecule has 0 spiro atoms. The second-order valence-electron chi connectivity index (χ2n) is 11.0. The van der Waals surface area contributed by atoms with Gasteiger partial charge in [-0.3, -0.25) is 4.90 Å². The molecule has 3 rings (SSSR count). The summed E-state index contributed by atoms with van der Waals surface area (Å²) in [6.45, 7) is 13.6. The lowest BCUT2D eigenvalue weighted by Gasteiger charge is -2.38. The molecule has 2 aromatic rings. The molecule has 0 saturated carbocycles. The minimum Gasteiger partial charge on any atom is -0.413 e. The van der Waals surface area contributed by atoms with Crippen LogP contribution in [-0.4, -0.2) is 58.7 Å². The number of halogens is 2. The summed E-state index contributed by atoms with van der Waals surface area (Å²) < 4.78 is 35.1. The molecule has 0 N–H and O–H groups in total. The second kappa shape index (κ2) is 11.2. The number of hydrogen-bond donors (Lipinski definition) is 0. The Hall–Kier alpha value is -0.933. The molecule has 194 valence electrons. The molecule has 2 aromatic carbocycles. The van der Waals surface area contributed by atoms with Gasteiger partial charge in [0.2, 0.25) is 10.0 Å². The van der Waals surface area contributed by atoms with E-state index in [9.17, 15) is 8.42 Å². The van der Waals surface area contributed by atoms with Crippen molar-refractivity contribution >= 4 is 41.5 Å². The van der Waals surface area contributed by atoms with Crippen LogP contribution in [0.4, 0.5) is 0 Å². The Balaban J connectivity index is 1.78. The fourth-order valence-electron chi connectivity index (χ4n) is 4.15. The predicted octanol–water partition coefficient (Wildman–Crippen LogP) is 6.59. The van der Waals surface area contributed by atoms with Crippen LogP contribution in [0.15, 0.2) is 48.5 Å². The van der Waals surface area contributed by atoms with Gasteiger partial charge in [0.1, 0.15) is 0 Å². The van der Waals surface area contributed by atoms with Gasteiger partial charge >= 0.3 is 0 Å². The van der Waals surface area contributed by atoms with Gasteiger partial charge in [-0.05, 0) is 53.9 Å². The highest BCUT2D eigenvalue weighted by molar-refractivity contribution is 7.88. The van der Waals surface area contributed by atoms with Crippen LogP contribution in [0.2, 0.25) is 28.2 Å². The Morgan fingerprint density at radius 2 is 1.80 bits per heavy atom. The fourth-order valence-corrected chi connectivity index (χ4v) is 7.40. The van der Waals surface area contributed by atoms with E-state index < -0.39 is 18.3 Å². The van der Waals surface area contributed by atoms with Crippen molar-refractivity contribution in [3.05, 3.63) is 69.7 Å². The molecule has 0 aliphatic carbocycles. The maximum atomic E-state index is 13.5. The first-order valence-electron chi connectivity index (χ1n) is 12.0. The van der Waals surface area contributed by atoms with E-state index in [0.29, 0.717) is 22.2 Å². The van der Waals surface area contributed by atoms with Crippen LogP contribution < -0.4 is 0 Å². The Morgan fingerprint density at radius 1 is 1.14 bits per heavy atom. The van der Waals surface area contributed by atoms with Crippen LogP contribution in [0, 0.1) is 0 Å². The Labute approximate surface area is 222 Å². The van der Waals surface area contributed by atoms with Crippen LogP contribution in [0.25, 0.3) is 0 Å². The van der Waals surface area contributed by atoms with E-state index in [2.05, 4.69) is 38.8 Å². The molecular formula is C26H38Cl2N2O3SSi. The van der Waals surface area contributed by atoms with E-state index in [-0.39, 0.29) is 22.9 Å². The van der Waals surface area contributed by atoms with E-state index in [1.165, 1.54) is 4.31 Å². The molecule has 1 fully saturated rings. The number of likely N-dealkylation sites (tertiary alicyclic amines) is 1. The van der Waals surface area contributed by atoms with Gasteiger partial charge in [0, 0.05) is 36.7 Å². The maximum absolute atomic E-state index is 13.5. The summed E-state index contributed by atoms with van der Waals surface area (Å²) in [6.07, 6.45) is 1.14. The lowest BCUT2D eigenvalue weighted by Crippen LogP contribution is -2.45. The van der Waals surface area contributed by atoms with Crippen LogP contribution in [0.1, 0.15) is 44.4 Å². The topological polar surface area (TPSA) is 49.9 Å². The fraction of sp³-hybridized carbons (Fsp3) is 0.538. The molecule has 2 atom stereocenters. The van der Waals surface area contributed by atoms with Crippen molar-refractivity contribution in [1.29, 1.82) is 0 Å². The maximum Gasteiger partial charge on any atom is 0.218 e. The zero-order valence-electron chi connectivity index (χ0n) is 21.6. The molecular weight excluding hydrogens is 519 g/mol. The highest BCUT2D eigenvalue weighted by Gasteiger charge is 2.41. The smallest absolute Gasteiger partial charge is 0.218 e. The number of sulfonamides is 1. The van der Waals surface area contributed by atoms with Gasteiger partial charge in [0.05, 0.1) is 17.9 Å². The van der Waals surface area contributed by atoms with Crippen molar-refractivity contribution in [2.75, 3.05) is 26.7 Å². The standard InChI is InChI=1S/C26H38Cl2N2O3SSi/c1-26(2,3)35(5,6)33-23-14-15-30(17-23)18-25(20-10-8-7-9-11-20)29(4)34(31,32)19-21-16-22(27)12-13-24(21)28/h7-13,16,23,25H,14-15,17-19H2,1-6H3/t23-,25+/m0/s1. The molecule has 1 saturated heterocycles. The predicted molar refractivity (Wildman–Crippen MR) is 149 cm³/mol. The third kappa shape index (κ3) is 7.31. The van der Waals surface area contributed by atoms with Gasteiger partial charge in [-0.1, -0.05) is 74.3 Å². The zero-order chi connectivity index (χ0) is 26.0. The van der Waals surface area contributed by atoms with Gasteiger partial charge in [-0.2, -0.15) is 4.31 Å². The van der Waals surface area contributed by atoms with Crippen molar-refractivity contribution < 1.29 is 12.8 Å². The summed E-state index contributed by atoms with van der Waals surface area (Å²) in [5.74, 6) is -0.205. The molecule has 1 aliphatic heterocycles. The molecule has 0 amide bonds. The van der Waals surface area contributed by atoms with Crippen molar-refractivity contribution in [2.45, 2.75) is 63.2 Å². The first kappa shape index (κ1) is 28.6. The first-order chi connectivity index (χ1) is 16.2. The molecule has 5 nitrogen and oxygen atoms in total. The monoisotopic (exact) mass is 556 g/mol. The zero-order valence-corrected chi connectivity index (χ0v) is 24.9. The minimum absolute atomic E-state index is 0.156. The number of nitrogens with zero attached hydrogens (tertiary/aromatic N) is 2. The number of likely N-dealkylation sites (N-methyl/N-ethyl adjacent to an activating group) is 1. The van der Waals surface area contributed by atoms with Gasteiger partial charge in [0.15, 0.2) is 8.32 Å². The Morgan fingerprint density at radius 3 is 2.43 bits per heavy atom. The van der Waals surface area contributed by atoms with E-state index in [0.717, 1.165) is 25.1 Å². The van der Waals surface area contributed by atoms with E-state index in [1.807, 2.05) is 30.3 Å². The lowest BCUT2D eigenvalue weighted by atomic mass is 10.1. The first-order valence-corrected chi connectivity index (χ1v) is 17.3. The molecule has 0 aromatic heterocycles. The van der Waals surface area contributed by atoms with Gasteiger partial charge in [0.25, 0.3) is 0 Å². The van der Waals surface area contributed by atoms with Crippen LogP contribution >= 0.6 is 23.2 Å². The SMILES string of the molecule is CN([C@H](CN1CC[C@H](O[Si](C)(C)C(C)(C)C)C1)c1ccccc1)S(=O)(=O)Cc1cc(Cl)ccc1Cl. The number of hydrogen-bond acceptors (Lipinski definition) is 4. The average Bonchev–Trinajstić information content (AvgIpc) is 3.20. The quantitative estimate of drug-likeness (QED) is 0.327. The molecule has 35 heavy (non-hydrogen) atoms. The summed E-state index contributed by atoms with van der Waals surface area (Å²) in [5, 5.41) is 1.02. The third-order valence-corrected chi connectivity index (χ3v) is 14.3. The van der Waals surface area contributed by atoms with Crippen LogP contribution in [0.3, 0.4) is 0 Å². The molecule has 1 heterocycles. The van der Waals surface area contributed by atoms with Crippen LogP contribution in [-0.2, 0) is 20.2 Å². The summed E-state index contributed by atoms with van der Waals surface area (Å²) in [7, 11) is -3.87. The van der Waals surface area contributed by atoms with Crippen molar-refractivity contribution in [1.82, 2.24) is 9.21 Å². The van der Waals surface area contributed by atoms with Crippen molar-refractivity contribution in [2.24, 2.45) is 0 Å². The van der Waals surface area contributed by atoms with Crippen LogP contribution in [0.5, 0.6) is 0 Å². The second-order valence-corrected chi connectivity index (χ2v) is 18.6. The Bertz CT molecular complexity index is 1110. The molecule has 0 unspecified atom stereocenters. The van der Waals surface area contributed by atoms with Crippen molar-refractivity contribution in [3.63, 3.8) is 0 Å². The normalized spacial score (nSPS) is 18.8. The Kier molecular flexibility index (Phi) is 9.17. The van der Waals surface area contributed by atoms with Gasteiger partial charge < -0.3 is 4.43 Å². The molecule has 9 heteroatoms. The molecule has 0 bridgehead atoms.